The minimum Gasteiger partial charge on any atom is -0.456 e. The van der Waals surface area contributed by atoms with E-state index >= 15 is 0 Å². The van der Waals surface area contributed by atoms with Gasteiger partial charge in [-0.2, -0.15) is 0 Å². The minimum absolute atomic E-state index is 0.523. The SMILES string of the molecule is c1ccc(-c2cccc(-c3nc(-c4cccc5c4oc4ccc6c7ccccc7n(-c7ccccc7)c6c45)nc(-c4cccc5oc6ccccc6c45)n3)c2)cc1. The normalized spacial score (nSPS) is 11.9. The lowest BCUT2D eigenvalue weighted by Crippen LogP contribution is -2.00. The van der Waals surface area contributed by atoms with Crippen molar-refractivity contribution in [2.45, 2.75) is 0 Å². The lowest BCUT2D eigenvalue weighted by molar-refractivity contribution is 0.668. The van der Waals surface area contributed by atoms with Crippen molar-refractivity contribution in [2.24, 2.45) is 0 Å². The van der Waals surface area contributed by atoms with Gasteiger partial charge < -0.3 is 13.4 Å². The van der Waals surface area contributed by atoms with Gasteiger partial charge in [0.15, 0.2) is 17.5 Å². The van der Waals surface area contributed by atoms with E-state index in [1.165, 1.54) is 10.8 Å². The zero-order chi connectivity index (χ0) is 37.5. The Labute approximate surface area is 325 Å². The van der Waals surface area contributed by atoms with Crippen LogP contribution in [-0.4, -0.2) is 19.5 Å². The quantitative estimate of drug-likeness (QED) is 0.176. The van der Waals surface area contributed by atoms with Crippen LogP contribution in [0.4, 0.5) is 0 Å². The summed E-state index contributed by atoms with van der Waals surface area (Å²) in [6.07, 6.45) is 0. The second-order valence-corrected chi connectivity index (χ2v) is 14.3. The molecule has 0 amide bonds. The summed E-state index contributed by atoms with van der Waals surface area (Å²) in [6, 6.07) is 62.6. The van der Waals surface area contributed by atoms with Gasteiger partial charge in [0.05, 0.1) is 22.0 Å². The summed E-state index contributed by atoms with van der Waals surface area (Å²) in [6.45, 7) is 0. The highest BCUT2D eigenvalue weighted by Crippen LogP contribution is 2.43. The minimum atomic E-state index is 0.523. The van der Waals surface area contributed by atoms with Crippen LogP contribution in [0, 0.1) is 0 Å². The van der Waals surface area contributed by atoms with E-state index < -0.39 is 0 Å². The van der Waals surface area contributed by atoms with Crippen molar-refractivity contribution < 1.29 is 8.83 Å². The highest BCUT2D eigenvalue weighted by atomic mass is 16.3. The Balaban J connectivity index is 1.14. The molecule has 0 fully saturated rings. The zero-order valence-corrected chi connectivity index (χ0v) is 30.4. The Bertz CT molecular complexity index is 3530. The van der Waals surface area contributed by atoms with E-state index in [0.717, 1.165) is 88.4 Å². The molecule has 0 aliphatic heterocycles. The Hall–Kier alpha value is -7.83. The number of para-hydroxylation sites is 4. The van der Waals surface area contributed by atoms with Gasteiger partial charge >= 0.3 is 0 Å². The Morgan fingerprint density at radius 1 is 0.368 bits per heavy atom. The van der Waals surface area contributed by atoms with Crippen LogP contribution in [0.3, 0.4) is 0 Å². The van der Waals surface area contributed by atoms with E-state index in [4.69, 9.17) is 23.8 Å². The van der Waals surface area contributed by atoms with Crippen molar-refractivity contribution in [3.63, 3.8) is 0 Å². The number of hydrogen-bond donors (Lipinski definition) is 0. The number of furan rings is 2. The van der Waals surface area contributed by atoms with E-state index in [1.807, 2.05) is 42.5 Å². The Kier molecular flexibility index (Phi) is 6.83. The molecule has 0 atom stereocenters. The maximum Gasteiger partial charge on any atom is 0.167 e. The number of benzene rings is 8. The molecule has 12 aromatic rings. The predicted octanol–water partition coefficient (Wildman–Crippen LogP) is 13.4. The third-order valence-electron chi connectivity index (χ3n) is 11.1. The fraction of sp³-hybridized carbons (Fsp3) is 0. The Morgan fingerprint density at radius 3 is 1.86 bits per heavy atom. The molecular weight excluding hydrogens is 701 g/mol. The lowest BCUT2D eigenvalue weighted by Gasteiger charge is -2.10. The van der Waals surface area contributed by atoms with Crippen molar-refractivity contribution >= 4 is 65.7 Å². The van der Waals surface area contributed by atoms with Gasteiger partial charge in [0.25, 0.3) is 0 Å². The highest BCUT2D eigenvalue weighted by molar-refractivity contribution is 6.25. The van der Waals surface area contributed by atoms with Crippen molar-refractivity contribution in [2.75, 3.05) is 0 Å². The topological polar surface area (TPSA) is 69.9 Å². The summed E-state index contributed by atoms with van der Waals surface area (Å²) in [7, 11) is 0. The largest absolute Gasteiger partial charge is 0.456 e. The maximum atomic E-state index is 6.89. The summed E-state index contributed by atoms with van der Waals surface area (Å²) >= 11 is 0. The third kappa shape index (κ3) is 4.87. The highest BCUT2D eigenvalue weighted by Gasteiger charge is 2.23. The standard InChI is InChI=1S/C51H30N4O2/c1-3-14-31(15-4-1)32-16-11-17-33(30-32)49-52-50(39-23-13-27-43-45(39)37-21-8-10-26-42(37)56-43)54-51(53-49)40-24-12-22-38-46-44(57-48(38)40)29-28-36-35-20-7-9-25-41(35)55(47(36)46)34-18-5-2-6-19-34/h1-30H. The third-order valence-corrected chi connectivity index (χ3v) is 11.1. The van der Waals surface area contributed by atoms with Crippen LogP contribution in [0.15, 0.2) is 191 Å². The van der Waals surface area contributed by atoms with Gasteiger partial charge in [-0.3, -0.25) is 0 Å². The average molecular weight is 731 g/mol. The van der Waals surface area contributed by atoms with Gasteiger partial charge in [-0.05, 0) is 65.7 Å². The van der Waals surface area contributed by atoms with Crippen LogP contribution in [-0.2, 0) is 0 Å². The predicted molar refractivity (Wildman–Crippen MR) is 230 cm³/mol. The maximum absolute atomic E-state index is 6.89. The van der Waals surface area contributed by atoms with E-state index in [1.54, 1.807) is 0 Å². The van der Waals surface area contributed by atoms with Crippen molar-refractivity contribution in [1.82, 2.24) is 19.5 Å². The molecule has 6 nitrogen and oxygen atoms in total. The van der Waals surface area contributed by atoms with Crippen molar-refractivity contribution in [3.8, 4) is 51.0 Å². The lowest BCUT2D eigenvalue weighted by atomic mass is 10.0. The van der Waals surface area contributed by atoms with Gasteiger partial charge in [-0.15, -0.1) is 0 Å². The van der Waals surface area contributed by atoms with Crippen LogP contribution in [0.2, 0.25) is 0 Å². The molecule has 0 aliphatic rings. The van der Waals surface area contributed by atoms with Gasteiger partial charge in [0.1, 0.15) is 22.3 Å². The molecule has 266 valence electrons. The summed E-state index contributed by atoms with van der Waals surface area (Å²) in [4.78, 5) is 15.7. The smallest absolute Gasteiger partial charge is 0.167 e. The number of hydrogen-bond acceptors (Lipinski definition) is 5. The molecule has 8 aromatic carbocycles. The molecule has 12 rings (SSSR count). The fourth-order valence-corrected chi connectivity index (χ4v) is 8.53. The zero-order valence-electron chi connectivity index (χ0n) is 30.4. The second-order valence-electron chi connectivity index (χ2n) is 14.3. The first kappa shape index (κ1) is 31.5. The van der Waals surface area contributed by atoms with Crippen LogP contribution >= 0.6 is 0 Å². The van der Waals surface area contributed by atoms with Crippen molar-refractivity contribution in [1.29, 1.82) is 0 Å². The summed E-state index contributed by atoms with van der Waals surface area (Å²) in [5, 5.41) is 6.37. The molecule has 0 radical (unpaired) electrons. The van der Waals surface area contributed by atoms with Crippen LogP contribution in [0.25, 0.3) is 117 Å². The van der Waals surface area contributed by atoms with Gasteiger partial charge in [-0.25, -0.2) is 15.0 Å². The number of nitrogens with zero attached hydrogens (tertiary/aromatic N) is 4. The second kappa shape index (κ2) is 12.3. The van der Waals surface area contributed by atoms with E-state index in [2.05, 4.69) is 144 Å². The average Bonchev–Trinajstić information content (AvgIpc) is 3.96. The Morgan fingerprint density at radius 2 is 0.982 bits per heavy atom. The van der Waals surface area contributed by atoms with Gasteiger partial charge in [0.2, 0.25) is 0 Å². The number of rotatable bonds is 5. The summed E-state index contributed by atoms with van der Waals surface area (Å²) < 4.78 is 15.5. The first-order valence-corrected chi connectivity index (χ1v) is 19.0. The molecule has 0 unspecified atom stereocenters. The molecule has 6 heteroatoms. The van der Waals surface area contributed by atoms with Gasteiger partial charge in [-0.1, -0.05) is 127 Å². The molecule has 4 heterocycles. The molecule has 57 heavy (non-hydrogen) atoms. The van der Waals surface area contributed by atoms with E-state index in [9.17, 15) is 0 Å². The molecule has 0 bridgehead atoms. The van der Waals surface area contributed by atoms with E-state index in [0.29, 0.717) is 17.5 Å². The monoisotopic (exact) mass is 730 g/mol. The summed E-state index contributed by atoms with van der Waals surface area (Å²) in [5.74, 6) is 1.64. The van der Waals surface area contributed by atoms with Crippen LogP contribution < -0.4 is 0 Å². The number of aromatic nitrogens is 4. The molecular formula is C51H30N4O2. The summed E-state index contributed by atoms with van der Waals surface area (Å²) in [5.41, 5.74) is 11.2. The number of fused-ring (bicyclic) bond motifs is 10. The first-order chi connectivity index (χ1) is 28.3. The molecule has 4 aromatic heterocycles. The van der Waals surface area contributed by atoms with E-state index in [-0.39, 0.29) is 0 Å². The van der Waals surface area contributed by atoms with Crippen LogP contribution in [0.1, 0.15) is 0 Å². The molecule has 0 N–H and O–H groups in total. The molecule has 0 saturated heterocycles. The fourth-order valence-electron chi connectivity index (χ4n) is 8.53. The van der Waals surface area contributed by atoms with Crippen molar-refractivity contribution in [3.05, 3.63) is 182 Å². The molecule has 0 aliphatic carbocycles. The molecule has 0 spiro atoms. The first-order valence-electron chi connectivity index (χ1n) is 19.0. The molecule has 0 saturated carbocycles. The van der Waals surface area contributed by atoms with Crippen LogP contribution in [0.5, 0.6) is 0 Å². The van der Waals surface area contributed by atoms with Gasteiger partial charge in [0, 0.05) is 43.7 Å².